The Labute approximate surface area is 162 Å². The fraction of sp³-hybridized carbons (Fsp3) is 1.00. The third kappa shape index (κ3) is 14.0. The molecular formula is C22H44O4. The van der Waals surface area contributed by atoms with Crippen LogP contribution < -0.4 is 0 Å². The van der Waals surface area contributed by atoms with Gasteiger partial charge in [-0.1, -0.05) is 84.0 Å². The standard InChI is InChI=1S/C22H44O4/c1-2-3-4-5-6-7-8-9-10-11-12-13-14-16-22-25-19-21(20-26-22)24-18-15-17-23/h21-23H,2-20H2,1H3. The van der Waals surface area contributed by atoms with Crippen molar-refractivity contribution in [1.29, 1.82) is 0 Å². The highest BCUT2D eigenvalue weighted by atomic mass is 16.7. The van der Waals surface area contributed by atoms with E-state index in [0.717, 1.165) is 6.42 Å². The number of hydrogen-bond donors (Lipinski definition) is 1. The topological polar surface area (TPSA) is 47.9 Å². The molecule has 0 amide bonds. The van der Waals surface area contributed by atoms with Crippen molar-refractivity contribution in [2.24, 2.45) is 0 Å². The van der Waals surface area contributed by atoms with Crippen molar-refractivity contribution in [3.05, 3.63) is 0 Å². The smallest absolute Gasteiger partial charge is 0.157 e. The molecule has 0 saturated carbocycles. The molecule has 1 heterocycles. The highest BCUT2D eigenvalue weighted by Gasteiger charge is 2.22. The van der Waals surface area contributed by atoms with Crippen LogP contribution in [0.15, 0.2) is 0 Å². The monoisotopic (exact) mass is 372 g/mol. The van der Waals surface area contributed by atoms with Gasteiger partial charge in [0.25, 0.3) is 0 Å². The number of rotatable bonds is 18. The molecule has 0 aromatic heterocycles. The molecule has 1 aliphatic heterocycles. The summed E-state index contributed by atoms with van der Waals surface area (Å²) in [7, 11) is 0. The van der Waals surface area contributed by atoms with Crippen molar-refractivity contribution in [1.82, 2.24) is 0 Å². The van der Waals surface area contributed by atoms with E-state index in [9.17, 15) is 0 Å². The van der Waals surface area contributed by atoms with Crippen molar-refractivity contribution >= 4 is 0 Å². The first-order valence-electron chi connectivity index (χ1n) is 11.3. The molecule has 0 aromatic carbocycles. The van der Waals surface area contributed by atoms with Crippen LogP contribution in [0.2, 0.25) is 0 Å². The minimum atomic E-state index is -0.0413. The summed E-state index contributed by atoms with van der Waals surface area (Å²) in [5, 5.41) is 8.74. The van der Waals surface area contributed by atoms with Gasteiger partial charge in [0.05, 0.1) is 13.2 Å². The van der Waals surface area contributed by atoms with Crippen LogP contribution >= 0.6 is 0 Å². The average Bonchev–Trinajstić information content (AvgIpc) is 2.67. The second-order valence-electron chi connectivity index (χ2n) is 7.70. The number of hydrogen-bond acceptors (Lipinski definition) is 4. The Balaban J connectivity index is 1.77. The van der Waals surface area contributed by atoms with Gasteiger partial charge in [-0.25, -0.2) is 0 Å². The van der Waals surface area contributed by atoms with Gasteiger partial charge in [0.1, 0.15) is 6.10 Å². The highest BCUT2D eigenvalue weighted by Crippen LogP contribution is 2.17. The largest absolute Gasteiger partial charge is 0.396 e. The fourth-order valence-corrected chi connectivity index (χ4v) is 3.43. The molecule has 26 heavy (non-hydrogen) atoms. The lowest BCUT2D eigenvalue weighted by Crippen LogP contribution is -2.37. The van der Waals surface area contributed by atoms with Crippen molar-refractivity contribution in [2.75, 3.05) is 26.4 Å². The lowest BCUT2D eigenvalue weighted by molar-refractivity contribution is -0.228. The van der Waals surface area contributed by atoms with E-state index in [4.69, 9.17) is 19.3 Å². The molecule has 1 rings (SSSR count). The van der Waals surface area contributed by atoms with Crippen LogP contribution in [0.3, 0.4) is 0 Å². The van der Waals surface area contributed by atoms with E-state index >= 15 is 0 Å². The molecule has 4 heteroatoms. The van der Waals surface area contributed by atoms with E-state index in [1.807, 2.05) is 0 Å². The molecule has 0 aliphatic carbocycles. The first-order valence-corrected chi connectivity index (χ1v) is 11.3. The summed E-state index contributed by atoms with van der Waals surface area (Å²) in [6.45, 7) is 4.28. The Kier molecular flexibility index (Phi) is 16.7. The van der Waals surface area contributed by atoms with Gasteiger partial charge in [-0.3, -0.25) is 0 Å². The molecule has 156 valence electrons. The first kappa shape index (κ1) is 23.9. The summed E-state index contributed by atoms with van der Waals surface area (Å²) in [5.41, 5.74) is 0. The molecule has 1 saturated heterocycles. The van der Waals surface area contributed by atoms with E-state index in [1.165, 1.54) is 83.5 Å². The van der Waals surface area contributed by atoms with E-state index in [-0.39, 0.29) is 19.0 Å². The molecule has 4 nitrogen and oxygen atoms in total. The minimum absolute atomic E-state index is 0.0319. The van der Waals surface area contributed by atoms with Crippen LogP contribution in [0.5, 0.6) is 0 Å². The highest BCUT2D eigenvalue weighted by molar-refractivity contribution is 4.63. The molecule has 0 atom stereocenters. The van der Waals surface area contributed by atoms with Gasteiger partial charge in [0.2, 0.25) is 0 Å². The SMILES string of the molecule is CCCCCCCCCCCCCCCC1OCC(OCCCO)CO1. The van der Waals surface area contributed by atoms with E-state index in [2.05, 4.69) is 6.92 Å². The Morgan fingerprint density at radius 2 is 1.23 bits per heavy atom. The number of aliphatic hydroxyl groups is 1. The Bertz CT molecular complexity index is 277. The molecule has 1 N–H and O–H groups in total. The summed E-state index contributed by atoms with van der Waals surface area (Å²) in [6, 6.07) is 0. The second kappa shape index (κ2) is 18.2. The molecule has 1 fully saturated rings. The molecule has 0 radical (unpaired) electrons. The molecule has 0 bridgehead atoms. The van der Waals surface area contributed by atoms with Crippen LogP contribution in [-0.4, -0.2) is 43.9 Å². The van der Waals surface area contributed by atoms with Gasteiger partial charge in [-0.2, -0.15) is 0 Å². The molecule has 0 aromatic rings. The molecule has 1 aliphatic rings. The Morgan fingerprint density at radius 1 is 0.731 bits per heavy atom. The molecule has 0 unspecified atom stereocenters. The van der Waals surface area contributed by atoms with Crippen LogP contribution in [0.1, 0.15) is 103 Å². The Morgan fingerprint density at radius 3 is 1.73 bits per heavy atom. The van der Waals surface area contributed by atoms with Gasteiger partial charge in [0.15, 0.2) is 6.29 Å². The summed E-state index contributed by atoms with van der Waals surface area (Å²) in [6.07, 6.45) is 19.6. The summed E-state index contributed by atoms with van der Waals surface area (Å²) >= 11 is 0. The number of ether oxygens (including phenoxy) is 3. The van der Waals surface area contributed by atoms with Crippen LogP contribution in [0.4, 0.5) is 0 Å². The van der Waals surface area contributed by atoms with Crippen LogP contribution in [0, 0.1) is 0 Å². The van der Waals surface area contributed by atoms with Crippen molar-refractivity contribution in [2.45, 2.75) is 116 Å². The van der Waals surface area contributed by atoms with Gasteiger partial charge < -0.3 is 19.3 Å². The third-order valence-electron chi connectivity index (χ3n) is 5.14. The summed E-state index contributed by atoms with van der Waals surface area (Å²) < 4.78 is 17.0. The average molecular weight is 373 g/mol. The predicted octanol–water partition coefficient (Wildman–Crippen LogP) is 5.61. The van der Waals surface area contributed by atoms with E-state index in [0.29, 0.717) is 26.2 Å². The van der Waals surface area contributed by atoms with Crippen molar-refractivity contribution in [3.8, 4) is 0 Å². The number of unbranched alkanes of at least 4 members (excludes halogenated alkanes) is 12. The third-order valence-corrected chi connectivity index (χ3v) is 5.14. The van der Waals surface area contributed by atoms with Crippen molar-refractivity contribution in [3.63, 3.8) is 0 Å². The zero-order chi connectivity index (χ0) is 18.7. The van der Waals surface area contributed by atoms with Gasteiger partial charge in [0, 0.05) is 13.2 Å². The predicted molar refractivity (Wildman–Crippen MR) is 107 cm³/mol. The number of aliphatic hydroxyl groups excluding tert-OH is 1. The fourth-order valence-electron chi connectivity index (χ4n) is 3.43. The second-order valence-corrected chi connectivity index (χ2v) is 7.70. The molecule has 0 spiro atoms. The van der Waals surface area contributed by atoms with Gasteiger partial charge >= 0.3 is 0 Å². The van der Waals surface area contributed by atoms with Gasteiger partial charge in [-0.15, -0.1) is 0 Å². The quantitative estimate of drug-likeness (QED) is 0.318. The lowest BCUT2D eigenvalue weighted by atomic mass is 10.0. The summed E-state index contributed by atoms with van der Waals surface area (Å²) in [5.74, 6) is 0. The van der Waals surface area contributed by atoms with Crippen LogP contribution in [0.25, 0.3) is 0 Å². The zero-order valence-electron chi connectivity index (χ0n) is 17.3. The zero-order valence-corrected chi connectivity index (χ0v) is 17.3. The lowest BCUT2D eigenvalue weighted by Gasteiger charge is -2.29. The maximum absolute atomic E-state index is 8.74. The summed E-state index contributed by atoms with van der Waals surface area (Å²) in [4.78, 5) is 0. The van der Waals surface area contributed by atoms with Gasteiger partial charge in [-0.05, 0) is 19.3 Å². The van der Waals surface area contributed by atoms with E-state index in [1.54, 1.807) is 0 Å². The van der Waals surface area contributed by atoms with E-state index < -0.39 is 0 Å². The molecular weight excluding hydrogens is 328 g/mol. The normalized spacial score (nSPS) is 20.5. The van der Waals surface area contributed by atoms with Crippen molar-refractivity contribution < 1.29 is 19.3 Å². The minimum Gasteiger partial charge on any atom is -0.396 e. The first-order chi connectivity index (χ1) is 12.9. The maximum atomic E-state index is 8.74. The Hall–Kier alpha value is -0.160. The maximum Gasteiger partial charge on any atom is 0.157 e. The van der Waals surface area contributed by atoms with Crippen LogP contribution in [-0.2, 0) is 14.2 Å².